The zero-order chi connectivity index (χ0) is 19.9. The second-order valence-corrected chi connectivity index (χ2v) is 6.04. The number of nitrogens with zero attached hydrogens (tertiary/aromatic N) is 2. The predicted molar refractivity (Wildman–Crippen MR) is 127 cm³/mol. The fourth-order valence-electron chi connectivity index (χ4n) is 2.38. The van der Waals surface area contributed by atoms with Crippen LogP contribution >= 0.6 is 0 Å². The second kappa shape index (κ2) is 14.1. The van der Waals surface area contributed by atoms with Gasteiger partial charge in [0.1, 0.15) is 0 Å². The Morgan fingerprint density at radius 3 is 1.14 bits per heavy atom. The lowest BCUT2D eigenvalue weighted by molar-refractivity contribution is 1.38. The van der Waals surface area contributed by atoms with Crippen molar-refractivity contribution in [1.82, 2.24) is 0 Å². The van der Waals surface area contributed by atoms with Crippen molar-refractivity contribution < 1.29 is 0 Å². The molecule has 0 saturated heterocycles. The molecule has 10 radical (unpaired) electrons. The lowest BCUT2D eigenvalue weighted by atomic mass is 8.88. The van der Waals surface area contributed by atoms with E-state index in [1.54, 1.807) is 0 Å². The lowest BCUT2D eigenvalue weighted by Crippen LogP contribution is -2.33. The number of benzene rings is 2. The maximum Gasteiger partial charge on any atom is 0.0991 e. The molecule has 0 heterocycles. The largest absolute Gasteiger partial charge is 0.192 e. The molecule has 0 amide bonds. The van der Waals surface area contributed by atoms with Gasteiger partial charge in [-0.1, -0.05) is 48.0 Å². The molecule has 0 saturated carbocycles. The van der Waals surface area contributed by atoms with Gasteiger partial charge in [-0.25, -0.2) is 0 Å². The first-order chi connectivity index (χ1) is 13.8. The summed E-state index contributed by atoms with van der Waals surface area (Å²) >= 11 is 0. The van der Waals surface area contributed by atoms with Gasteiger partial charge in [0.05, 0.1) is 37.6 Å². The van der Waals surface area contributed by atoms with Crippen molar-refractivity contribution in [3.05, 3.63) is 70.8 Å². The third-order valence-electron chi connectivity index (χ3n) is 3.92. The van der Waals surface area contributed by atoms with Crippen LogP contribution in [0.3, 0.4) is 0 Å². The number of rotatable bonds is 13. The molecule has 0 fully saturated rings. The van der Waals surface area contributed by atoms with Crippen molar-refractivity contribution in [3.63, 3.8) is 0 Å². The van der Waals surface area contributed by atoms with Gasteiger partial charge in [0, 0.05) is 56.5 Å². The highest BCUT2D eigenvalue weighted by Gasteiger charge is 2.01. The van der Waals surface area contributed by atoms with Crippen LogP contribution in [0, 0.1) is 22.7 Å². The summed E-state index contributed by atoms with van der Waals surface area (Å²) in [7, 11) is 20.1. The van der Waals surface area contributed by atoms with Crippen LogP contribution in [-0.2, 0) is 12.6 Å². The molecule has 12 heteroatoms. The van der Waals surface area contributed by atoms with E-state index in [0.29, 0.717) is 11.1 Å². The van der Waals surface area contributed by atoms with Crippen molar-refractivity contribution in [1.29, 1.82) is 10.5 Å². The third-order valence-corrected chi connectivity index (χ3v) is 3.92. The second-order valence-electron chi connectivity index (χ2n) is 6.04. The molecule has 116 valence electrons. The molecule has 2 aromatic rings. The van der Waals surface area contributed by atoms with E-state index in [0.717, 1.165) is 12.6 Å². The van der Waals surface area contributed by atoms with E-state index < -0.39 is 0 Å². The van der Waals surface area contributed by atoms with E-state index in [2.05, 4.69) is 26.5 Å². The highest BCUT2D eigenvalue weighted by Crippen LogP contribution is 2.03. The predicted octanol–water partition coefficient (Wildman–Crippen LogP) is -0.593. The molecule has 2 nitrogen and oxygen atoms in total. The van der Waals surface area contributed by atoms with Crippen molar-refractivity contribution >= 4 is 70.8 Å². The van der Waals surface area contributed by atoms with E-state index in [4.69, 9.17) is 10.5 Å². The zero-order valence-electron chi connectivity index (χ0n) is 15.7. The van der Waals surface area contributed by atoms with Crippen LogP contribution in [0.15, 0.2) is 48.5 Å². The molecule has 0 aliphatic rings. The standard InChI is InChI=1S/C16H12B10N2/c27-11-15-5-1-13(2-6-15)9-17-19-21-23-25-26-24-22-20-18-10-14-3-7-16(12-28)8-4-14/h1-8H,9-10H2. The fraction of sp³-hybridized carbons (Fsp3) is 0.125. The minimum absolute atomic E-state index is 0.690. The van der Waals surface area contributed by atoms with Gasteiger partial charge >= 0.3 is 0 Å². The fourth-order valence-corrected chi connectivity index (χ4v) is 2.38. The molecule has 28 heavy (non-hydrogen) atoms. The first-order valence-electron chi connectivity index (χ1n) is 9.11. The minimum Gasteiger partial charge on any atom is -0.192 e. The Morgan fingerprint density at radius 2 is 0.821 bits per heavy atom. The normalized spacial score (nSPS) is 8.93. The summed E-state index contributed by atoms with van der Waals surface area (Å²) in [5.74, 6) is 0. The molecule has 0 aliphatic heterocycles. The van der Waals surface area contributed by atoms with Crippen molar-refractivity contribution in [2.24, 2.45) is 0 Å². The lowest BCUT2D eigenvalue weighted by Gasteiger charge is -2.01. The minimum atomic E-state index is 0.690. The summed E-state index contributed by atoms with van der Waals surface area (Å²) in [5.41, 5.74) is 3.76. The molecule has 0 aromatic heterocycles. The molecule has 2 rings (SSSR count). The van der Waals surface area contributed by atoms with E-state index in [1.165, 1.54) is 11.1 Å². The number of nitriles is 2. The summed E-state index contributed by atoms with van der Waals surface area (Å²) < 4.78 is 0. The van der Waals surface area contributed by atoms with Crippen LogP contribution in [0.4, 0.5) is 0 Å². The Labute approximate surface area is 176 Å². The molecule has 0 aliphatic carbocycles. The van der Waals surface area contributed by atoms with Gasteiger partial charge in [-0.15, -0.1) is 0 Å². The Kier molecular flexibility index (Phi) is 11.3. The van der Waals surface area contributed by atoms with E-state index in [1.807, 2.05) is 105 Å². The Hall–Kier alpha value is -1.93. The zero-order valence-corrected chi connectivity index (χ0v) is 15.7. The van der Waals surface area contributed by atoms with Crippen LogP contribution in [0.1, 0.15) is 22.3 Å². The highest BCUT2D eigenvalue weighted by atomic mass is 14.2. The van der Waals surface area contributed by atoms with Crippen LogP contribution < -0.4 is 0 Å². The average Bonchev–Trinajstić information content (AvgIpc) is 2.75. The molecule has 0 atom stereocenters. The topological polar surface area (TPSA) is 47.6 Å². The van der Waals surface area contributed by atoms with Crippen LogP contribution in [0.2, 0.25) is 0 Å². The maximum absolute atomic E-state index is 8.77. The quantitative estimate of drug-likeness (QED) is 0.361. The molecule has 0 bridgehead atoms. The van der Waals surface area contributed by atoms with Gasteiger partial charge in [0.25, 0.3) is 0 Å². The third kappa shape index (κ3) is 9.32. The van der Waals surface area contributed by atoms with E-state index >= 15 is 0 Å². The van der Waals surface area contributed by atoms with Gasteiger partial charge in [-0.05, 0) is 24.3 Å². The number of hydrogen-bond acceptors (Lipinski definition) is 2. The van der Waals surface area contributed by atoms with Crippen LogP contribution in [0.25, 0.3) is 0 Å². The van der Waals surface area contributed by atoms with Gasteiger partial charge in [-0.3, -0.25) is 0 Å². The Morgan fingerprint density at radius 1 is 0.500 bits per heavy atom. The maximum atomic E-state index is 8.77. The van der Waals surface area contributed by atoms with Gasteiger partial charge < -0.3 is 0 Å². The molecule has 0 unspecified atom stereocenters. The number of hydrogen-bond donors (Lipinski definition) is 0. The molecular weight excluding hydrogens is 328 g/mol. The van der Waals surface area contributed by atoms with Gasteiger partial charge in [-0.2, -0.15) is 10.5 Å². The summed E-state index contributed by atoms with van der Waals surface area (Å²) in [6.45, 7) is 0. The highest BCUT2D eigenvalue weighted by molar-refractivity contribution is 7.69. The van der Waals surface area contributed by atoms with Crippen LogP contribution in [-0.4, -0.2) is 70.8 Å². The van der Waals surface area contributed by atoms with E-state index in [-0.39, 0.29) is 0 Å². The smallest absolute Gasteiger partial charge is 0.0991 e. The van der Waals surface area contributed by atoms with Crippen molar-refractivity contribution in [2.75, 3.05) is 0 Å². The summed E-state index contributed by atoms with van der Waals surface area (Å²) in [4.78, 5) is 0. The van der Waals surface area contributed by atoms with Crippen LogP contribution in [0.5, 0.6) is 0 Å². The summed E-state index contributed by atoms with van der Waals surface area (Å²) in [6.07, 6.45) is 1.70. The van der Waals surface area contributed by atoms with E-state index in [9.17, 15) is 0 Å². The first kappa shape index (κ1) is 22.4. The average molecular weight is 340 g/mol. The van der Waals surface area contributed by atoms with Crippen molar-refractivity contribution in [3.8, 4) is 12.1 Å². The molecular formula is C16H12B10N2. The van der Waals surface area contributed by atoms with Gasteiger partial charge in [0.15, 0.2) is 0 Å². The van der Waals surface area contributed by atoms with Crippen molar-refractivity contribution in [2.45, 2.75) is 12.6 Å². The summed E-state index contributed by atoms with van der Waals surface area (Å²) in [5, 5.41) is 17.5. The molecule has 0 N–H and O–H groups in total. The first-order valence-corrected chi connectivity index (χ1v) is 9.11. The molecule has 2 aromatic carbocycles. The van der Waals surface area contributed by atoms with Gasteiger partial charge in [0.2, 0.25) is 0 Å². The summed E-state index contributed by atoms with van der Waals surface area (Å²) in [6, 6.07) is 19.5. The SMILES string of the molecule is N#Cc1ccc(C[B][B][B][B][B][B][B][B][B][B]Cc2ccc(C#N)cc2)cc1. The Balaban J connectivity index is 1.37. The Bertz CT molecular complexity index is 702. The monoisotopic (exact) mass is 342 g/mol. The molecule has 0 spiro atoms.